The Bertz CT molecular complexity index is 411. The van der Waals surface area contributed by atoms with Gasteiger partial charge in [0.25, 0.3) is 0 Å². The number of esters is 2. The standard InChI is InChI=1S/C14H16O3/c15-12-4-11(13(16)17-12)14-5-8-1-9(6-14)3-10(2-8)7-14/h4,8-10H,1-3,5-7H2. The Hall–Kier alpha value is -1.12. The third-order valence-electron chi connectivity index (χ3n) is 5.28. The van der Waals surface area contributed by atoms with Crippen LogP contribution in [0.25, 0.3) is 0 Å². The molecule has 0 saturated heterocycles. The molecule has 4 saturated carbocycles. The van der Waals surface area contributed by atoms with Crippen LogP contribution in [0.2, 0.25) is 0 Å². The van der Waals surface area contributed by atoms with E-state index in [9.17, 15) is 9.59 Å². The first-order chi connectivity index (χ1) is 8.14. The average Bonchev–Trinajstić information content (AvgIpc) is 2.56. The fourth-order valence-corrected chi connectivity index (χ4v) is 5.16. The van der Waals surface area contributed by atoms with Crippen LogP contribution >= 0.6 is 0 Å². The van der Waals surface area contributed by atoms with Gasteiger partial charge in [-0.3, -0.25) is 0 Å². The number of hydrogen-bond donors (Lipinski definition) is 0. The lowest BCUT2D eigenvalue weighted by atomic mass is 9.48. The minimum Gasteiger partial charge on any atom is -0.386 e. The first-order valence-electron chi connectivity index (χ1n) is 6.63. The van der Waals surface area contributed by atoms with E-state index in [2.05, 4.69) is 0 Å². The number of rotatable bonds is 1. The molecule has 1 heterocycles. The van der Waals surface area contributed by atoms with Gasteiger partial charge in [-0.05, 0) is 56.3 Å². The van der Waals surface area contributed by atoms with E-state index in [-0.39, 0.29) is 11.4 Å². The summed E-state index contributed by atoms with van der Waals surface area (Å²) in [5, 5.41) is 0. The molecule has 0 spiro atoms. The van der Waals surface area contributed by atoms with Gasteiger partial charge < -0.3 is 4.74 Å². The first-order valence-corrected chi connectivity index (χ1v) is 6.63. The number of carbonyl (C=O) groups excluding carboxylic acids is 2. The summed E-state index contributed by atoms with van der Waals surface area (Å²) in [6.07, 6.45) is 8.81. The van der Waals surface area contributed by atoms with Crippen molar-refractivity contribution in [1.82, 2.24) is 0 Å². The van der Waals surface area contributed by atoms with Gasteiger partial charge in [0, 0.05) is 11.5 Å². The van der Waals surface area contributed by atoms with E-state index in [1.54, 1.807) is 0 Å². The lowest BCUT2D eigenvalue weighted by molar-refractivity contribution is -0.152. The highest BCUT2D eigenvalue weighted by Crippen LogP contribution is 2.63. The maximum absolute atomic E-state index is 11.8. The van der Waals surface area contributed by atoms with Crippen LogP contribution in [-0.2, 0) is 14.3 Å². The Labute approximate surface area is 100 Å². The third-order valence-corrected chi connectivity index (χ3v) is 5.28. The second-order valence-corrected chi connectivity index (χ2v) is 6.46. The van der Waals surface area contributed by atoms with E-state index in [1.807, 2.05) is 0 Å². The van der Waals surface area contributed by atoms with E-state index in [0.717, 1.165) is 37.0 Å². The second kappa shape index (κ2) is 3.01. The minimum atomic E-state index is -0.458. The van der Waals surface area contributed by atoms with Gasteiger partial charge in [0.15, 0.2) is 0 Å². The summed E-state index contributed by atoms with van der Waals surface area (Å²) >= 11 is 0. The van der Waals surface area contributed by atoms with Gasteiger partial charge in [-0.25, -0.2) is 9.59 Å². The zero-order chi connectivity index (χ0) is 11.6. The fraction of sp³-hybridized carbons (Fsp3) is 0.714. The summed E-state index contributed by atoms with van der Waals surface area (Å²) < 4.78 is 4.69. The van der Waals surface area contributed by atoms with Crippen LogP contribution in [-0.4, -0.2) is 11.9 Å². The molecule has 3 nitrogen and oxygen atoms in total. The number of ether oxygens (including phenoxy) is 1. The SMILES string of the molecule is O=C1C=C(C23CC4CC(CC(C4)C2)C3)C(=O)O1. The van der Waals surface area contributed by atoms with Crippen molar-refractivity contribution < 1.29 is 14.3 Å². The average molecular weight is 232 g/mol. The topological polar surface area (TPSA) is 43.4 Å². The highest BCUT2D eigenvalue weighted by Gasteiger charge is 2.55. The molecule has 4 aliphatic carbocycles. The molecule has 4 bridgehead atoms. The van der Waals surface area contributed by atoms with E-state index >= 15 is 0 Å². The second-order valence-electron chi connectivity index (χ2n) is 6.46. The molecule has 5 rings (SSSR count). The quantitative estimate of drug-likeness (QED) is 0.514. The van der Waals surface area contributed by atoms with Gasteiger partial charge in [-0.1, -0.05) is 0 Å². The van der Waals surface area contributed by atoms with Gasteiger partial charge in [0.2, 0.25) is 0 Å². The molecule has 0 radical (unpaired) electrons. The molecule has 0 atom stereocenters. The molecule has 0 amide bonds. The Morgan fingerprint density at radius 1 is 1.00 bits per heavy atom. The molecule has 0 N–H and O–H groups in total. The predicted molar refractivity (Wildman–Crippen MR) is 59.8 cm³/mol. The smallest absolute Gasteiger partial charge is 0.342 e. The van der Waals surface area contributed by atoms with Gasteiger partial charge in [-0.15, -0.1) is 0 Å². The molecule has 17 heavy (non-hydrogen) atoms. The van der Waals surface area contributed by atoms with Crippen molar-refractivity contribution in [2.75, 3.05) is 0 Å². The van der Waals surface area contributed by atoms with Crippen molar-refractivity contribution in [3.63, 3.8) is 0 Å². The first kappa shape index (κ1) is 9.86. The van der Waals surface area contributed by atoms with Crippen LogP contribution in [0, 0.1) is 23.2 Å². The molecular weight excluding hydrogens is 216 g/mol. The highest BCUT2D eigenvalue weighted by atomic mass is 16.6. The van der Waals surface area contributed by atoms with E-state index < -0.39 is 5.97 Å². The molecule has 90 valence electrons. The van der Waals surface area contributed by atoms with Crippen molar-refractivity contribution in [3.8, 4) is 0 Å². The van der Waals surface area contributed by atoms with Crippen LogP contribution in [0.5, 0.6) is 0 Å². The van der Waals surface area contributed by atoms with Gasteiger partial charge in [-0.2, -0.15) is 0 Å². The highest BCUT2D eigenvalue weighted by molar-refractivity contribution is 6.09. The third kappa shape index (κ3) is 1.28. The summed E-state index contributed by atoms with van der Waals surface area (Å²) in [5.41, 5.74) is 0.694. The van der Waals surface area contributed by atoms with Crippen molar-refractivity contribution in [1.29, 1.82) is 0 Å². The fourth-order valence-electron chi connectivity index (χ4n) is 5.16. The molecule has 0 unspecified atom stereocenters. The van der Waals surface area contributed by atoms with Crippen molar-refractivity contribution in [2.45, 2.75) is 38.5 Å². The van der Waals surface area contributed by atoms with E-state index in [0.29, 0.717) is 5.57 Å². The lowest BCUT2D eigenvalue weighted by Gasteiger charge is -2.56. The summed E-state index contributed by atoms with van der Waals surface area (Å²) in [4.78, 5) is 23.0. The predicted octanol–water partition coefficient (Wildman–Crippen LogP) is 2.21. The molecule has 1 aliphatic heterocycles. The number of carbonyl (C=O) groups is 2. The van der Waals surface area contributed by atoms with Crippen LogP contribution in [0.4, 0.5) is 0 Å². The van der Waals surface area contributed by atoms with Crippen LogP contribution in [0.15, 0.2) is 11.6 Å². The lowest BCUT2D eigenvalue weighted by Crippen LogP contribution is -2.47. The molecule has 3 heteroatoms. The summed E-state index contributed by atoms with van der Waals surface area (Å²) in [6, 6.07) is 0. The summed E-state index contributed by atoms with van der Waals surface area (Å²) in [6.45, 7) is 0. The summed E-state index contributed by atoms with van der Waals surface area (Å²) in [7, 11) is 0. The number of cyclic esters (lactones) is 2. The Kier molecular flexibility index (Phi) is 1.74. The van der Waals surface area contributed by atoms with Crippen molar-refractivity contribution >= 4 is 11.9 Å². The van der Waals surface area contributed by atoms with Gasteiger partial charge in [0.1, 0.15) is 0 Å². The molecule has 0 aromatic rings. The van der Waals surface area contributed by atoms with Crippen molar-refractivity contribution in [3.05, 3.63) is 11.6 Å². The Morgan fingerprint density at radius 3 is 1.94 bits per heavy atom. The zero-order valence-electron chi connectivity index (χ0n) is 9.78. The van der Waals surface area contributed by atoms with Crippen LogP contribution in [0.1, 0.15) is 38.5 Å². The van der Waals surface area contributed by atoms with Gasteiger partial charge >= 0.3 is 11.9 Å². The van der Waals surface area contributed by atoms with Crippen LogP contribution < -0.4 is 0 Å². The summed E-state index contributed by atoms with van der Waals surface area (Å²) in [5.74, 6) is 1.53. The Balaban J connectivity index is 1.75. The zero-order valence-corrected chi connectivity index (χ0v) is 9.78. The molecule has 5 aliphatic rings. The maximum atomic E-state index is 11.8. The molecular formula is C14H16O3. The van der Waals surface area contributed by atoms with Crippen LogP contribution in [0.3, 0.4) is 0 Å². The van der Waals surface area contributed by atoms with Crippen molar-refractivity contribution in [2.24, 2.45) is 23.2 Å². The largest absolute Gasteiger partial charge is 0.386 e. The minimum absolute atomic E-state index is 0.00199. The normalized spacial score (nSPS) is 47.3. The number of hydrogen-bond acceptors (Lipinski definition) is 3. The van der Waals surface area contributed by atoms with Gasteiger partial charge in [0.05, 0.1) is 5.57 Å². The molecule has 4 fully saturated rings. The van der Waals surface area contributed by atoms with E-state index in [4.69, 9.17) is 4.74 Å². The maximum Gasteiger partial charge on any atom is 0.342 e. The Morgan fingerprint density at radius 2 is 1.53 bits per heavy atom. The molecule has 0 aromatic heterocycles. The monoisotopic (exact) mass is 232 g/mol. The van der Waals surface area contributed by atoms with E-state index in [1.165, 1.54) is 25.3 Å². The molecule has 0 aromatic carbocycles.